The predicted octanol–water partition coefficient (Wildman–Crippen LogP) is 4.08. The summed E-state index contributed by atoms with van der Waals surface area (Å²) in [5, 5.41) is 5.28. The van der Waals surface area contributed by atoms with E-state index in [2.05, 4.69) is 48.3 Å². The maximum atomic E-state index is 12.3. The van der Waals surface area contributed by atoms with Crippen molar-refractivity contribution in [3.63, 3.8) is 0 Å². The van der Waals surface area contributed by atoms with Crippen LogP contribution < -0.4 is 5.32 Å². The summed E-state index contributed by atoms with van der Waals surface area (Å²) in [6.45, 7) is 4.36. The van der Waals surface area contributed by atoms with Crippen molar-refractivity contribution in [2.45, 2.75) is 13.0 Å². The molecule has 0 atom stereocenters. The zero-order valence-electron chi connectivity index (χ0n) is 15.1. The maximum Gasteiger partial charge on any atom is 0.240 e. The number of nitrogens with zero attached hydrogens (tertiary/aromatic N) is 2. The van der Waals surface area contributed by atoms with Crippen LogP contribution in [0, 0.1) is 0 Å². The summed E-state index contributed by atoms with van der Waals surface area (Å²) in [5.74, 6) is 0.846. The van der Waals surface area contributed by atoms with Crippen LogP contribution in [0.15, 0.2) is 79.4 Å². The van der Waals surface area contributed by atoms with Crippen molar-refractivity contribution in [1.29, 1.82) is 0 Å². The molecule has 0 aliphatic heterocycles. The van der Waals surface area contributed by atoms with Crippen LogP contribution >= 0.6 is 0 Å². The second kappa shape index (κ2) is 7.46. The van der Waals surface area contributed by atoms with E-state index in [1.54, 1.807) is 6.08 Å². The lowest BCUT2D eigenvalue weighted by Crippen LogP contribution is -2.28. The van der Waals surface area contributed by atoms with Gasteiger partial charge in [-0.3, -0.25) is 4.79 Å². The predicted molar refractivity (Wildman–Crippen MR) is 110 cm³/mol. The lowest BCUT2D eigenvalue weighted by Gasteiger charge is -2.11. The van der Waals surface area contributed by atoms with Crippen molar-refractivity contribution in [2.24, 2.45) is 0 Å². The van der Waals surface area contributed by atoms with Gasteiger partial charge in [0.25, 0.3) is 0 Å². The lowest BCUT2D eigenvalue weighted by molar-refractivity contribution is -0.121. The Morgan fingerprint density at radius 2 is 1.81 bits per heavy atom. The number of carbonyl (C=O) groups is 1. The van der Waals surface area contributed by atoms with Gasteiger partial charge < -0.3 is 9.88 Å². The van der Waals surface area contributed by atoms with E-state index in [-0.39, 0.29) is 12.5 Å². The fourth-order valence-electron chi connectivity index (χ4n) is 3.44. The third-order valence-corrected chi connectivity index (χ3v) is 4.71. The molecule has 27 heavy (non-hydrogen) atoms. The van der Waals surface area contributed by atoms with E-state index in [0.717, 1.165) is 16.9 Å². The highest BCUT2D eigenvalue weighted by atomic mass is 16.1. The Hall–Kier alpha value is -3.40. The molecular weight excluding hydrogens is 334 g/mol. The summed E-state index contributed by atoms with van der Waals surface area (Å²) in [5.41, 5.74) is 3.09. The van der Waals surface area contributed by atoms with E-state index < -0.39 is 0 Å². The molecule has 1 N–H and O–H groups in total. The SMILES string of the molecule is C=CCNC(=O)Cn1c(Cc2cccc3ccccc23)nc2ccccc21. The summed E-state index contributed by atoms with van der Waals surface area (Å²) < 4.78 is 2.01. The van der Waals surface area contributed by atoms with Crippen LogP contribution in [0.4, 0.5) is 0 Å². The molecule has 0 aliphatic carbocycles. The zero-order chi connectivity index (χ0) is 18.6. The number of aromatic nitrogens is 2. The number of fused-ring (bicyclic) bond motifs is 2. The Morgan fingerprint density at radius 1 is 1.04 bits per heavy atom. The topological polar surface area (TPSA) is 46.9 Å². The maximum absolute atomic E-state index is 12.3. The van der Waals surface area contributed by atoms with Crippen LogP contribution in [0.25, 0.3) is 21.8 Å². The molecular formula is C23H21N3O. The number of nitrogens with one attached hydrogen (secondary N) is 1. The van der Waals surface area contributed by atoms with Crippen molar-refractivity contribution in [3.05, 3.63) is 90.8 Å². The molecule has 3 aromatic carbocycles. The zero-order valence-corrected chi connectivity index (χ0v) is 15.1. The third-order valence-electron chi connectivity index (χ3n) is 4.71. The first kappa shape index (κ1) is 17.0. The van der Waals surface area contributed by atoms with Crippen LogP contribution in [-0.2, 0) is 17.8 Å². The minimum Gasteiger partial charge on any atom is -0.351 e. The summed E-state index contributed by atoms with van der Waals surface area (Å²) in [7, 11) is 0. The molecule has 4 nitrogen and oxygen atoms in total. The Morgan fingerprint density at radius 3 is 2.70 bits per heavy atom. The van der Waals surface area contributed by atoms with Gasteiger partial charge in [0.05, 0.1) is 11.0 Å². The third kappa shape index (κ3) is 3.47. The first-order valence-electron chi connectivity index (χ1n) is 9.04. The molecule has 0 aliphatic rings. The van der Waals surface area contributed by atoms with Gasteiger partial charge >= 0.3 is 0 Å². The van der Waals surface area contributed by atoms with Crippen LogP contribution in [0.1, 0.15) is 11.4 Å². The molecule has 0 spiro atoms. The first-order chi connectivity index (χ1) is 13.3. The van der Waals surface area contributed by atoms with Gasteiger partial charge in [0.15, 0.2) is 0 Å². The summed E-state index contributed by atoms with van der Waals surface area (Å²) >= 11 is 0. The summed E-state index contributed by atoms with van der Waals surface area (Å²) in [6.07, 6.45) is 2.35. The number of hydrogen-bond donors (Lipinski definition) is 1. The molecule has 1 amide bonds. The molecule has 4 rings (SSSR count). The Kier molecular flexibility index (Phi) is 4.71. The average molecular weight is 355 g/mol. The highest BCUT2D eigenvalue weighted by molar-refractivity contribution is 5.86. The largest absolute Gasteiger partial charge is 0.351 e. The molecule has 0 saturated heterocycles. The van der Waals surface area contributed by atoms with Crippen LogP contribution in [0.2, 0.25) is 0 Å². The molecule has 0 bridgehead atoms. The van der Waals surface area contributed by atoms with Gasteiger partial charge in [-0.25, -0.2) is 4.98 Å². The fourth-order valence-corrected chi connectivity index (χ4v) is 3.44. The number of carbonyl (C=O) groups excluding carboxylic acids is 1. The number of rotatable bonds is 6. The van der Waals surface area contributed by atoms with Crippen molar-refractivity contribution < 1.29 is 4.79 Å². The lowest BCUT2D eigenvalue weighted by atomic mass is 10.0. The van der Waals surface area contributed by atoms with Crippen LogP contribution in [0.3, 0.4) is 0 Å². The van der Waals surface area contributed by atoms with Crippen molar-refractivity contribution in [3.8, 4) is 0 Å². The fraction of sp³-hybridized carbons (Fsp3) is 0.130. The summed E-state index contributed by atoms with van der Waals surface area (Å²) in [6, 6.07) is 22.6. The van der Waals surface area contributed by atoms with E-state index in [4.69, 9.17) is 4.98 Å². The highest BCUT2D eigenvalue weighted by Gasteiger charge is 2.14. The van der Waals surface area contributed by atoms with Crippen molar-refractivity contribution >= 4 is 27.7 Å². The number of hydrogen-bond acceptors (Lipinski definition) is 2. The monoisotopic (exact) mass is 355 g/mol. The van der Waals surface area contributed by atoms with E-state index in [1.807, 2.05) is 34.9 Å². The quantitative estimate of drug-likeness (QED) is 0.530. The smallest absolute Gasteiger partial charge is 0.240 e. The Balaban J connectivity index is 1.75. The minimum atomic E-state index is -0.0442. The molecule has 1 heterocycles. The molecule has 0 radical (unpaired) electrons. The number of imidazole rings is 1. The highest BCUT2D eigenvalue weighted by Crippen LogP contribution is 2.23. The average Bonchev–Trinajstić information content (AvgIpc) is 3.04. The van der Waals surface area contributed by atoms with Crippen LogP contribution in [0.5, 0.6) is 0 Å². The van der Waals surface area contributed by atoms with E-state index >= 15 is 0 Å². The second-order valence-electron chi connectivity index (χ2n) is 6.51. The van der Waals surface area contributed by atoms with E-state index in [0.29, 0.717) is 13.0 Å². The molecule has 4 aromatic rings. The molecule has 0 unspecified atom stereocenters. The molecule has 4 heteroatoms. The van der Waals surface area contributed by atoms with E-state index in [1.165, 1.54) is 16.3 Å². The van der Waals surface area contributed by atoms with Crippen molar-refractivity contribution in [1.82, 2.24) is 14.9 Å². The Bertz CT molecular complexity index is 1120. The first-order valence-corrected chi connectivity index (χ1v) is 9.04. The van der Waals surface area contributed by atoms with Gasteiger partial charge in [0.2, 0.25) is 5.91 Å². The minimum absolute atomic E-state index is 0.0442. The van der Waals surface area contributed by atoms with E-state index in [9.17, 15) is 4.79 Å². The van der Waals surface area contributed by atoms with Gasteiger partial charge in [0.1, 0.15) is 12.4 Å². The molecule has 0 fully saturated rings. The van der Waals surface area contributed by atoms with Gasteiger partial charge in [-0.15, -0.1) is 6.58 Å². The van der Waals surface area contributed by atoms with Crippen LogP contribution in [-0.4, -0.2) is 22.0 Å². The van der Waals surface area contributed by atoms with Crippen molar-refractivity contribution in [2.75, 3.05) is 6.54 Å². The van der Waals surface area contributed by atoms with Gasteiger partial charge in [-0.05, 0) is 28.5 Å². The summed E-state index contributed by atoms with van der Waals surface area (Å²) in [4.78, 5) is 17.1. The molecule has 0 saturated carbocycles. The van der Waals surface area contributed by atoms with Gasteiger partial charge in [-0.1, -0.05) is 60.7 Å². The number of amides is 1. The Labute approximate surface area is 158 Å². The van der Waals surface area contributed by atoms with Gasteiger partial charge in [0, 0.05) is 13.0 Å². The molecule has 134 valence electrons. The normalized spacial score (nSPS) is 11.0. The molecule has 1 aromatic heterocycles. The second-order valence-corrected chi connectivity index (χ2v) is 6.51. The standard InChI is InChI=1S/C23H21N3O/c1-2-14-24-23(27)16-26-21-13-6-5-12-20(21)25-22(26)15-18-10-7-9-17-8-3-4-11-19(17)18/h2-13H,1,14-16H2,(H,24,27). The van der Waals surface area contributed by atoms with Gasteiger partial charge in [-0.2, -0.15) is 0 Å². The number of para-hydroxylation sites is 2. The number of benzene rings is 3.